The van der Waals surface area contributed by atoms with Gasteiger partial charge in [-0.25, -0.2) is 4.39 Å². The predicted octanol–water partition coefficient (Wildman–Crippen LogP) is 1.01. The van der Waals surface area contributed by atoms with Crippen molar-refractivity contribution in [3.05, 3.63) is 35.6 Å². The third-order valence-corrected chi connectivity index (χ3v) is 4.02. The number of halogens is 1. The highest BCUT2D eigenvalue weighted by Gasteiger charge is 2.21. The quantitative estimate of drug-likeness (QED) is 0.853. The standard InChI is InChI=1S/C16H22FN3O2/c1-18-15(21)11-20-8-6-12(7-9-20)10-19-16(22)13-4-2-3-5-14(13)17/h2-5,12H,6-11H2,1H3,(H,18,21)(H,19,22). The van der Waals surface area contributed by atoms with Crippen LogP contribution in [0.25, 0.3) is 0 Å². The molecule has 0 spiro atoms. The lowest BCUT2D eigenvalue weighted by atomic mass is 9.96. The normalized spacial score (nSPS) is 16.3. The van der Waals surface area contributed by atoms with Crippen LogP contribution in [0.5, 0.6) is 0 Å². The van der Waals surface area contributed by atoms with Crippen LogP contribution in [0.2, 0.25) is 0 Å². The fraction of sp³-hybridized carbons (Fsp3) is 0.500. The molecule has 0 radical (unpaired) electrons. The minimum Gasteiger partial charge on any atom is -0.358 e. The molecular weight excluding hydrogens is 285 g/mol. The van der Waals surface area contributed by atoms with Crippen LogP contribution < -0.4 is 10.6 Å². The topological polar surface area (TPSA) is 61.4 Å². The Morgan fingerprint density at radius 3 is 2.59 bits per heavy atom. The molecule has 0 aromatic heterocycles. The lowest BCUT2D eigenvalue weighted by Gasteiger charge is -2.31. The summed E-state index contributed by atoms with van der Waals surface area (Å²) in [4.78, 5) is 25.4. The van der Waals surface area contributed by atoms with Crippen molar-refractivity contribution in [2.75, 3.05) is 33.2 Å². The van der Waals surface area contributed by atoms with Gasteiger partial charge in [0, 0.05) is 13.6 Å². The first-order valence-electron chi connectivity index (χ1n) is 7.56. The molecule has 1 heterocycles. The molecule has 0 unspecified atom stereocenters. The average Bonchev–Trinajstić information content (AvgIpc) is 2.54. The molecule has 2 rings (SSSR count). The lowest BCUT2D eigenvalue weighted by molar-refractivity contribution is -0.122. The molecule has 0 atom stereocenters. The minimum absolute atomic E-state index is 0.0197. The molecule has 2 N–H and O–H groups in total. The number of amides is 2. The first-order chi connectivity index (χ1) is 10.6. The largest absolute Gasteiger partial charge is 0.358 e. The summed E-state index contributed by atoms with van der Waals surface area (Å²) in [6, 6.07) is 5.98. The van der Waals surface area contributed by atoms with Crippen molar-refractivity contribution < 1.29 is 14.0 Å². The van der Waals surface area contributed by atoms with Crippen LogP contribution in [0.15, 0.2) is 24.3 Å². The molecular formula is C16H22FN3O2. The van der Waals surface area contributed by atoms with E-state index in [1.807, 2.05) is 0 Å². The zero-order valence-electron chi connectivity index (χ0n) is 12.8. The number of piperidine rings is 1. The Balaban J connectivity index is 1.74. The second kappa shape index (κ2) is 7.89. The minimum atomic E-state index is -0.500. The third kappa shape index (κ3) is 4.53. The smallest absolute Gasteiger partial charge is 0.254 e. The molecule has 1 aromatic carbocycles. The van der Waals surface area contributed by atoms with Crippen LogP contribution in [-0.4, -0.2) is 49.9 Å². The van der Waals surface area contributed by atoms with Crippen LogP contribution in [0.3, 0.4) is 0 Å². The van der Waals surface area contributed by atoms with Crippen molar-refractivity contribution in [2.45, 2.75) is 12.8 Å². The number of carbonyl (C=O) groups excluding carboxylic acids is 2. The maximum atomic E-state index is 13.5. The fourth-order valence-electron chi connectivity index (χ4n) is 2.61. The van der Waals surface area contributed by atoms with Crippen molar-refractivity contribution in [1.82, 2.24) is 15.5 Å². The van der Waals surface area contributed by atoms with Crippen molar-refractivity contribution >= 4 is 11.8 Å². The summed E-state index contributed by atoms with van der Waals surface area (Å²) in [6.45, 7) is 2.65. The number of hydrogen-bond donors (Lipinski definition) is 2. The van der Waals surface area contributed by atoms with Gasteiger partial charge in [0.1, 0.15) is 5.82 Å². The van der Waals surface area contributed by atoms with Crippen LogP contribution in [0.1, 0.15) is 23.2 Å². The monoisotopic (exact) mass is 307 g/mol. The molecule has 0 saturated carbocycles. The lowest BCUT2D eigenvalue weighted by Crippen LogP contribution is -2.42. The number of nitrogens with one attached hydrogen (secondary N) is 2. The molecule has 0 aliphatic carbocycles. The van der Waals surface area contributed by atoms with Crippen molar-refractivity contribution in [1.29, 1.82) is 0 Å². The van der Waals surface area contributed by atoms with Gasteiger partial charge in [-0.1, -0.05) is 12.1 Å². The number of rotatable bonds is 5. The van der Waals surface area contributed by atoms with E-state index < -0.39 is 5.82 Å². The molecule has 0 bridgehead atoms. The molecule has 1 fully saturated rings. The Kier molecular flexibility index (Phi) is 5.89. The predicted molar refractivity (Wildman–Crippen MR) is 82.0 cm³/mol. The van der Waals surface area contributed by atoms with E-state index in [0.29, 0.717) is 19.0 Å². The summed E-state index contributed by atoms with van der Waals surface area (Å²) in [5, 5.41) is 5.41. The first kappa shape index (κ1) is 16.4. The first-order valence-corrected chi connectivity index (χ1v) is 7.56. The molecule has 1 saturated heterocycles. The second-order valence-electron chi connectivity index (χ2n) is 5.58. The van der Waals surface area contributed by atoms with E-state index in [9.17, 15) is 14.0 Å². The molecule has 2 amide bonds. The molecule has 22 heavy (non-hydrogen) atoms. The van der Waals surface area contributed by atoms with E-state index >= 15 is 0 Å². The number of nitrogens with zero attached hydrogens (tertiary/aromatic N) is 1. The molecule has 1 aliphatic heterocycles. The Morgan fingerprint density at radius 1 is 1.27 bits per heavy atom. The number of benzene rings is 1. The Hall–Kier alpha value is -1.95. The number of hydrogen-bond acceptors (Lipinski definition) is 3. The van der Waals surface area contributed by atoms with Gasteiger partial charge in [-0.05, 0) is 44.0 Å². The summed E-state index contributed by atoms with van der Waals surface area (Å²) in [5.74, 6) is -0.478. The van der Waals surface area contributed by atoms with E-state index in [2.05, 4.69) is 15.5 Å². The van der Waals surface area contributed by atoms with Crippen LogP contribution in [-0.2, 0) is 4.79 Å². The summed E-state index contributed by atoms with van der Waals surface area (Å²) in [7, 11) is 1.63. The van der Waals surface area contributed by atoms with Crippen molar-refractivity contribution in [3.8, 4) is 0 Å². The van der Waals surface area contributed by atoms with Gasteiger partial charge in [0.25, 0.3) is 5.91 Å². The van der Waals surface area contributed by atoms with Gasteiger partial charge in [-0.3, -0.25) is 14.5 Å². The highest BCUT2D eigenvalue weighted by molar-refractivity contribution is 5.94. The molecule has 120 valence electrons. The Labute approximate surface area is 129 Å². The van der Waals surface area contributed by atoms with E-state index in [1.54, 1.807) is 19.2 Å². The summed E-state index contributed by atoms with van der Waals surface area (Å²) >= 11 is 0. The van der Waals surface area contributed by atoms with E-state index in [4.69, 9.17) is 0 Å². The van der Waals surface area contributed by atoms with Gasteiger partial charge in [-0.15, -0.1) is 0 Å². The maximum absolute atomic E-state index is 13.5. The molecule has 6 heteroatoms. The summed E-state index contributed by atoms with van der Waals surface area (Å²) < 4.78 is 13.5. The molecule has 1 aromatic rings. The van der Waals surface area contributed by atoms with Crippen molar-refractivity contribution in [2.24, 2.45) is 5.92 Å². The second-order valence-corrected chi connectivity index (χ2v) is 5.58. The zero-order valence-corrected chi connectivity index (χ0v) is 12.8. The summed E-state index contributed by atoms with van der Waals surface area (Å²) in [6.07, 6.45) is 1.85. The fourth-order valence-corrected chi connectivity index (χ4v) is 2.61. The van der Waals surface area contributed by atoms with Gasteiger partial charge in [0.15, 0.2) is 0 Å². The van der Waals surface area contributed by atoms with Gasteiger partial charge >= 0.3 is 0 Å². The molecule has 5 nitrogen and oxygen atoms in total. The van der Waals surface area contributed by atoms with Gasteiger partial charge in [0.2, 0.25) is 5.91 Å². The Morgan fingerprint density at radius 2 is 1.95 bits per heavy atom. The van der Waals surface area contributed by atoms with Crippen LogP contribution in [0.4, 0.5) is 4.39 Å². The Bertz CT molecular complexity index is 528. The van der Waals surface area contributed by atoms with Crippen LogP contribution in [0, 0.1) is 11.7 Å². The highest BCUT2D eigenvalue weighted by atomic mass is 19.1. The summed E-state index contributed by atoms with van der Waals surface area (Å²) in [5.41, 5.74) is 0.0829. The SMILES string of the molecule is CNC(=O)CN1CCC(CNC(=O)c2ccccc2F)CC1. The number of likely N-dealkylation sites (tertiary alicyclic amines) is 1. The third-order valence-electron chi connectivity index (χ3n) is 4.02. The number of likely N-dealkylation sites (N-methyl/N-ethyl adjacent to an activating group) is 1. The van der Waals surface area contributed by atoms with Gasteiger partial charge in [-0.2, -0.15) is 0 Å². The van der Waals surface area contributed by atoms with Gasteiger partial charge in [0.05, 0.1) is 12.1 Å². The number of carbonyl (C=O) groups is 2. The zero-order chi connectivity index (χ0) is 15.9. The maximum Gasteiger partial charge on any atom is 0.254 e. The molecule has 1 aliphatic rings. The average molecular weight is 307 g/mol. The highest BCUT2D eigenvalue weighted by Crippen LogP contribution is 2.16. The van der Waals surface area contributed by atoms with Crippen molar-refractivity contribution in [3.63, 3.8) is 0 Å². The van der Waals surface area contributed by atoms with E-state index in [-0.39, 0.29) is 17.4 Å². The van der Waals surface area contributed by atoms with E-state index in [1.165, 1.54) is 12.1 Å². The van der Waals surface area contributed by atoms with Gasteiger partial charge < -0.3 is 10.6 Å². The van der Waals surface area contributed by atoms with Crippen LogP contribution >= 0.6 is 0 Å². The van der Waals surface area contributed by atoms with E-state index in [0.717, 1.165) is 25.9 Å².